The molecular formula is C15H23BINO2. The highest BCUT2D eigenvalue weighted by Crippen LogP contribution is 2.37. The topological polar surface area (TPSA) is 44.5 Å². The van der Waals surface area contributed by atoms with Gasteiger partial charge in [-0.3, -0.25) is 0 Å². The van der Waals surface area contributed by atoms with Crippen molar-refractivity contribution in [3.05, 3.63) is 26.3 Å². The van der Waals surface area contributed by atoms with Gasteiger partial charge in [0.05, 0.1) is 11.2 Å². The summed E-state index contributed by atoms with van der Waals surface area (Å²) in [6.07, 6.45) is 0. The van der Waals surface area contributed by atoms with Gasteiger partial charge < -0.3 is 15.0 Å². The van der Waals surface area contributed by atoms with Crippen LogP contribution >= 0.6 is 22.6 Å². The van der Waals surface area contributed by atoms with Crippen molar-refractivity contribution in [1.82, 2.24) is 0 Å². The third kappa shape index (κ3) is 2.53. The fraction of sp³-hybridized carbons (Fsp3) is 0.600. The summed E-state index contributed by atoms with van der Waals surface area (Å²) in [4.78, 5) is 0. The van der Waals surface area contributed by atoms with Gasteiger partial charge >= 0.3 is 7.12 Å². The van der Waals surface area contributed by atoms with Crippen molar-refractivity contribution in [2.75, 3.05) is 0 Å². The summed E-state index contributed by atoms with van der Waals surface area (Å²) < 4.78 is 13.6. The van der Waals surface area contributed by atoms with E-state index in [4.69, 9.17) is 15.0 Å². The van der Waals surface area contributed by atoms with Gasteiger partial charge in [-0.1, -0.05) is 0 Å². The molecule has 1 aliphatic rings. The van der Waals surface area contributed by atoms with Crippen LogP contribution in [0.15, 0.2) is 6.07 Å². The Morgan fingerprint density at radius 3 is 2.05 bits per heavy atom. The molecule has 1 aromatic rings. The predicted molar refractivity (Wildman–Crippen MR) is 92.2 cm³/mol. The molecule has 1 fully saturated rings. The Bertz CT molecular complexity index is 527. The zero-order chi connectivity index (χ0) is 15.3. The SMILES string of the molecule is Cc1c(I)cc(CN)c(C)c1B1OC(C)(C)C(C)(C)O1. The van der Waals surface area contributed by atoms with E-state index in [2.05, 4.69) is 70.2 Å². The molecule has 0 amide bonds. The van der Waals surface area contributed by atoms with Crippen LogP contribution < -0.4 is 11.2 Å². The third-order valence-electron chi connectivity index (χ3n) is 4.66. The van der Waals surface area contributed by atoms with E-state index in [1.807, 2.05) is 0 Å². The quantitative estimate of drug-likeness (QED) is 0.627. The Kier molecular flexibility index (Phi) is 4.28. The van der Waals surface area contributed by atoms with Gasteiger partial charge in [0.15, 0.2) is 0 Å². The average molecular weight is 387 g/mol. The zero-order valence-corrected chi connectivity index (χ0v) is 15.3. The Hall–Kier alpha value is -0.105. The smallest absolute Gasteiger partial charge is 0.399 e. The molecule has 110 valence electrons. The largest absolute Gasteiger partial charge is 0.495 e. The molecule has 0 aliphatic carbocycles. The summed E-state index contributed by atoms with van der Waals surface area (Å²) in [6, 6.07) is 2.15. The van der Waals surface area contributed by atoms with Gasteiger partial charge in [-0.2, -0.15) is 0 Å². The lowest BCUT2D eigenvalue weighted by Crippen LogP contribution is -2.41. The molecule has 1 aliphatic heterocycles. The van der Waals surface area contributed by atoms with Gasteiger partial charge in [-0.25, -0.2) is 0 Å². The molecule has 0 atom stereocenters. The number of rotatable bonds is 2. The zero-order valence-electron chi connectivity index (χ0n) is 13.1. The molecule has 5 heteroatoms. The molecule has 0 aromatic heterocycles. The molecule has 1 aromatic carbocycles. The maximum atomic E-state index is 6.20. The predicted octanol–water partition coefficient (Wildman–Crippen LogP) is 2.67. The van der Waals surface area contributed by atoms with Crippen LogP contribution in [0, 0.1) is 17.4 Å². The number of nitrogens with two attached hydrogens (primary N) is 1. The summed E-state index contributed by atoms with van der Waals surface area (Å²) >= 11 is 2.35. The maximum Gasteiger partial charge on any atom is 0.495 e. The highest BCUT2D eigenvalue weighted by Gasteiger charge is 2.52. The molecule has 1 heterocycles. The van der Waals surface area contributed by atoms with Crippen molar-refractivity contribution in [2.24, 2.45) is 5.73 Å². The molecule has 0 unspecified atom stereocenters. The van der Waals surface area contributed by atoms with Crippen LogP contribution in [0.5, 0.6) is 0 Å². The number of benzene rings is 1. The molecule has 0 radical (unpaired) electrons. The van der Waals surface area contributed by atoms with E-state index in [9.17, 15) is 0 Å². The summed E-state index contributed by atoms with van der Waals surface area (Å²) in [5, 5.41) is 0. The van der Waals surface area contributed by atoms with Gasteiger partial charge in [0, 0.05) is 10.1 Å². The molecule has 20 heavy (non-hydrogen) atoms. The van der Waals surface area contributed by atoms with Crippen LogP contribution in [0.25, 0.3) is 0 Å². The Morgan fingerprint density at radius 1 is 1.10 bits per heavy atom. The third-order valence-corrected chi connectivity index (χ3v) is 5.78. The second-order valence-corrected chi connectivity index (χ2v) is 7.64. The van der Waals surface area contributed by atoms with Crippen molar-refractivity contribution in [3.8, 4) is 0 Å². The van der Waals surface area contributed by atoms with E-state index in [1.54, 1.807) is 0 Å². The van der Waals surface area contributed by atoms with E-state index < -0.39 is 0 Å². The fourth-order valence-electron chi connectivity index (χ4n) is 2.48. The van der Waals surface area contributed by atoms with Crippen LogP contribution in [-0.2, 0) is 15.9 Å². The van der Waals surface area contributed by atoms with E-state index in [0.29, 0.717) is 6.54 Å². The minimum atomic E-state index is -0.319. The first-order chi connectivity index (χ1) is 9.10. The number of hydrogen-bond acceptors (Lipinski definition) is 3. The fourth-order valence-corrected chi connectivity index (χ4v) is 3.15. The monoisotopic (exact) mass is 387 g/mol. The molecule has 1 saturated heterocycles. The highest BCUT2D eigenvalue weighted by molar-refractivity contribution is 14.1. The van der Waals surface area contributed by atoms with E-state index in [1.165, 1.54) is 14.7 Å². The van der Waals surface area contributed by atoms with Crippen LogP contribution in [0.2, 0.25) is 0 Å². The van der Waals surface area contributed by atoms with E-state index >= 15 is 0 Å². The second-order valence-electron chi connectivity index (χ2n) is 6.47. The molecule has 2 rings (SSSR count). The lowest BCUT2D eigenvalue weighted by molar-refractivity contribution is 0.00578. The first-order valence-electron chi connectivity index (χ1n) is 6.95. The molecule has 0 spiro atoms. The minimum absolute atomic E-state index is 0.319. The van der Waals surface area contributed by atoms with Gasteiger partial charge in [0.2, 0.25) is 0 Å². The van der Waals surface area contributed by atoms with Gasteiger partial charge in [-0.05, 0) is 92.4 Å². The lowest BCUT2D eigenvalue weighted by Gasteiger charge is -2.32. The Morgan fingerprint density at radius 2 is 1.60 bits per heavy atom. The number of halogens is 1. The summed E-state index contributed by atoms with van der Waals surface area (Å²) in [5.41, 5.74) is 9.92. The average Bonchev–Trinajstić information content (AvgIpc) is 2.53. The van der Waals surface area contributed by atoms with Crippen molar-refractivity contribution in [2.45, 2.75) is 59.3 Å². The highest BCUT2D eigenvalue weighted by atomic mass is 127. The molecule has 0 bridgehead atoms. The van der Waals surface area contributed by atoms with E-state index in [-0.39, 0.29) is 18.3 Å². The van der Waals surface area contributed by atoms with Gasteiger partial charge in [0.1, 0.15) is 0 Å². The van der Waals surface area contributed by atoms with Crippen molar-refractivity contribution in [3.63, 3.8) is 0 Å². The van der Waals surface area contributed by atoms with Gasteiger partial charge in [0.25, 0.3) is 0 Å². The first-order valence-corrected chi connectivity index (χ1v) is 8.03. The summed E-state index contributed by atoms with van der Waals surface area (Å²) in [5.74, 6) is 0. The molecule has 3 nitrogen and oxygen atoms in total. The van der Waals surface area contributed by atoms with Gasteiger partial charge in [-0.15, -0.1) is 0 Å². The summed E-state index contributed by atoms with van der Waals surface area (Å²) in [7, 11) is -0.319. The van der Waals surface area contributed by atoms with Crippen molar-refractivity contribution < 1.29 is 9.31 Å². The first kappa shape index (κ1) is 16.3. The molecular weight excluding hydrogens is 364 g/mol. The maximum absolute atomic E-state index is 6.20. The van der Waals surface area contributed by atoms with Crippen molar-refractivity contribution >= 4 is 35.2 Å². The van der Waals surface area contributed by atoms with Crippen molar-refractivity contribution in [1.29, 1.82) is 0 Å². The molecule has 0 saturated carbocycles. The van der Waals surface area contributed by atoms with Crippen LogP contribution in [0.1, 0.15) is 44.4 Å². The van der Waals surface area contributed by atoms with Crippen LogP contribution in [0.4, 0.5) is 0 Å². The standard InChI is InChI=1S/C15H23BINO2/c1-9-11(8-18)7-12(17)10(2)13(9)16-19-14(3,4)15(5,6)20-16/h7H,8,18H2,1-6H3. The Labute approximate surface area is 135 Å². The Balaban J connectivity index is 2.52. The normalized spacial score (nSPS) is 20.5. The van der Waals surface area contributed by atoms with Crippen LogP contribution in [0.3, 0.4) is 0 Å². The lowest BCUT2D eigenvalue weighted by atomic mass is 9.72. The second kappa shape index (κ2) is 5.27. The molecule has 2 N–H and O–H groups in total. The minimum Gasteiger partial charge on any atom is -0.399 e. The van der Waals surface area contributed by atoms with Crippen LogP contribution in [-0.4, -0.2) is 18.3 Å². The summed E-state index contributed by atoms with van der Waals surface area (Å²) in [6.45, 7) is 13.1. The number of hydrogen-bond donors (Lipinski definition) is 1. The van der Waals surface area contributed by atoms with E-state index in [0.717, 1.165) is 11.0 Å².